The van der Waals surface area contributed by atoms with Crippen molar-refractivity contribution in [1.82, 2.24) is 0 Å². The summed E-state index contributed by atoms with van der Waals surface area (Å²) >= 11 is 0. The third kappa shape index (κ3) is 3.96. The number of hydrogen-bond donors (Lipinski definition) is 0. The predicted octanol–water partition coefficient (Wildman–Crippen LogP) is 2.18. The number of nitrogens with zero attached hydrogens (tertiary/aromatic N) is 1. The van der Waals surface area contributed by atoms with Crippen molar-refractivity contribution in [2.45, 2.75) is 26.2 Å². The van der Waals surface area contributed by atoms with Crippen LogP contribution in [0.25, 0.3) is 5.32 Å². The smallest absolute Gasteiger partial charge is 0 e. The molecular formula is C7H14AcN-. The van der Waals surface area contributed by atoms with Gasteiger partial charge >= 0.3 is 0 Å². The van der Waals surface area contributed by atoms with Crippen LogP contribution in [0.15, 0.2) is 0 Å². The first-order valence-corrected chi connectivity index (χ1v) is 3.56. The average molecular weight is 339 g/mol. The van der Waals surface area contributed by atoms with Crippen molar-refractivity contribution in [3.8, 4) is 0 Å². The van der Waals surface area contributed by atoms with Crippen LogP contribution in [0.1, 0.15) is 26.2 Å². The summed E-state index contributed by atoms with van der Waals surface area (Å²) in [6.45, 7) is 4.52. The molecule has 9 heavy (non-hydrogen) atoms. The Hall–Kier alpha value is 1.40. The van der Waals surface area contributed by atoms with Crippen LogP contribution in [0.2, 0.25) is 0 Å². The minimum Gasteiger partial charge on any atom is -0.662 e. The molecule has 1 heterocycles. The summed E-state index contributed by atoms with van der Waals surface area (Å²) in [4.78, 5) is 0. The van der Waals surface area contributed by atoms with Crippen molar-refractivity contribution in [3.63, 3.8) is 0 Å². The van der Waals surface area contributed by atoms with Gasteiger partial charge in [-0.25, -0.2) is 0 Å². The maximum absolute atomic E-state index is 4.28. The van der Waals surface area contributed by atoms with Gasteiger partial charge < -0.3 is 5.32 Å². The molecule has 1 aliphatic rings. The molecule has 1 saturated heterocycles. The van der Waals surface area contributed by atoms with E-state index < -0.39 is 0 Å². The molecule has 0 aromatic rings. The summed E-state index contributed by atoms with van der Waals surface area (Å²) in [5.74, 6) is 0.993. The fourth-order valence-corrected chi connectivity index (χ4v) is 1.21. The van der Waals surface area contributed by atoms with Gasteiger partial charge in [-0.15, -0.1) is 13.1 Å². The maximum atomic E-state index is 4.28. The molecule has 0 unspecified atom stereocenters. The first kappa shape index (κ1) is 10.4. The van der Waals surface area contributed by atoms with Gasteiger partial charge in [-0.1, -0.05) is 26.2 Å². The third-order valence-electron chi connectivity index (χ3n) is 1.97. The SMILES string of the molecule is CCC1CC[N-]CC1.[Ac]. The molecule has 0 spiro atoms. The molecule has 51 valence electrons. The molecule has 1 rings (SSSR count). The van der Waals surface area contributed by atoms with Gasteiger partial charge in [0.2, 0.25) is 0 Å². The Bertz CT molecular complexity index is 59.9. The van der Waals surface area contributed by atoms with Gasteiger partial charge in [0.1, 0.15) is 0 Å². The topological polar surface area (TPSA) is 14.1 Å². The molecule has 0 atom stereocenters. The zero-order valence-electron chi connectivity index (χ0n) is 6.14. The van der Waals surface area contributed by atoms with Gasteiger partial charge in [0, 0.05) is 44.1 Å². The van der Waals surface area contributed by atoms with Crippen LogP contribution < -0.4 is 0 Å². The second kappa shape index (κ2) is 6.13. The Labute approximate surface area is 93.5 Å². The van der Waals surface area contributed by atoms with E-state index in [1.807, 2.05) is 0 Å². The van der Waals surface area contributed by atoms with Crippen molar-refractivity contribution in [1.29, 1.82) is 0 Å². The molecule has 0 aromatic heterocycles. The van der Waals surface area contributed by atoms with E-state index in [9.17, 15) is 0 Å². The van der Waals surface area contributed by atoms with Crippen molar-refractivity contribution in [3.05, 3.63) is 5.32 Å². The van der Waals surface area contributed by atoms with E-state index in [2.05, 4.69) is 12.2 Å². The molecule has 0 amide bonds. The molecule has 0 saturated carbocycles. The van der Waals surface area contributed by atoms with Gasteiger partial charge in [-0.3, -0.25) is 0 Å². The predicted molar refractivity (Wildman–Crippen MR) is 36.1 cm³/mol. The summed E-state index contributed by atoms with van der Waals surface area (Å²) in [6.07, 6.45) is 4.04. The molecule has 2 heteroatoms. The summed E-state index contributed by atoms with van der Waals surface area (Å²) in [6, 6.07) is 0. The van der Waals surface area contributed by atoms with Crippen LogP contribution in [0.3, 0.4) is 0 Å². The van der Waals surface area contributed by atoms with Crippen LogP contribution in [-0.4, -0.2) is 13.1 Å². The minimum absolute atomic E-state index is 0. The Morgan fingerprint density at radius 2 is 1.89 bits per heavy atom. The average Bonchev–Trinajstić information content (AvgIpc) is 1.90. The van der Waals surface area contributed by atoms with Crippen molar-refractivity contribution < 1.29 is 44.1 Å². The fraction of sp³-hybridized carbons (Fsp3) is 1.00. The minimum atomic E-state index is 0. The van der Waals surface area contributed by atoms with E-state index >= 15 is 0 Å². The molecular weight excluding hydrogens is 325 g/mol. The van der Waals surface area contributed by atoms with Crippen molar-refractivity contribution in [2.24, 2.45) is 5.92 Å². The first-order chi connectivity index (χ1) is 3.93. The zero-order valence-corrected chi connectivity index (χ0v) is 10.9. The number of hydrogen-bond acceptors (Lipinski definition) is 0. The van der Waals surface area contributed by atoms with Gasteiger partial charge in [0.25, 0.3) is 0 Å². The Balaban J connectivity index is 0.000000640. The fourth-order valence-electron chi connectivity index (χ4n) is 1.21. The van der Waals surface area contributed by atoms with Crippen LogP contribution in [0.5, 0.6) is 0 Å². The monoisotopic (exact) mass is 339 g/mol. The molecule has 0 aliphatic carbocycles. The van der Waals surface area contributed by atoms with Gasteiger partial charge in [-0.2, -0.15) is 0 Å². The maximum Gasteiger partial charge on any atom is 0 e. The molecule has 1 nitrogen and oxygen atoms in total. The number of piperidine rings is 1. The van der Waals surface area contributed by atoms with Crippen molar-refractivity contribution >= 4 is 0 Å². The van der Waals surface area contributed by atoms with E-state index in [-0.39, 0.29) is 44.1 Å². The molecule has 1 aliphatic heterocycles. The summed E-state index contributed by atoms with van der Waals surface area (Å²) < 4.78 is 0. The number of rotatable bonds is 1. The molecule has 0 bridgehead atoms. The Morgan fingerprint density at radius 1 is 1.33 bits per heavy atom. The molecule has 0 N–H and O–H groups in total. The standard InChI is InChI=1S/C7H14N.Ac/c1-2-7-3-5-8-6-4-7;/h7H,2-6H2,1H3;/q-1;. The quantitative estimate of drug-likeness (QED) is 0.695. The second-order valence-corrected chi connectivity index (χ2v) is 2.52. The summed E-state index contributed by atoms with van der Waals surface area (Å²) in [7, 11) is 0. The van der Waals surface area contributed by atoms with E-state index in [1.54, 1.807) is 0 Å². The van der Waals surface area contributed by atoms with Gasteiger partial charge in [0.15, 0.2) is 0 Å². The van der Waals surface area contributed by atoms with Crippen LogP contribution in [0.4, 0.5) is 0 Å². The Kier molecular flexibility index (Phi) is 7.09. The molecule has 1 radical (unpaired) electrons. The van der Waals surface area contributed by atoms with E-state index in [4.69, 9.17) is 0 Å². The van der Waals surface area contributed by atoms with E-state index in [1.165, 1.54) is 19.3 Å². The van der Waals surface area contributed by atoms with Crippen LogP contribution in [0, 0.1) is 50.0 Å². The second-order valence-electron chi connectivity index (χ2n) is 2.52. The van der Waals surface area contributed by atoms with Crippen molar-refractivity contribution in [2.75, 3.05) is 13.1 Å². The van der Waals surface area contributed by atoms with Crippen LogP contribution >= 0.6 is 0 Å². The summed E-state index contributed by atoms with van der Waals surface area (Å²) in [5, 5.41) is 4.28. The zero-order chi connectivity index (χ0) is 5.82. The Morgan fingerprint density at radius 3 is 2.22 bits per heavy atom. The van der Waals surface area contributed by atoms with Crippen LogP contribution in [-0.2, 0) is 0 Å². The largest absolute Gasteiger partial charge is 0.662 e. The first-order valence-electron chi connectivity index (χ1n) is 3.56. The molecule has 1 fully saturated rings. The van der Waals surface area contributed by atoms with Gasteiger partial charge in [0.05, 0.1) is 0 Å². The summed E-state index contributed by atoms with van der Waals surface area (Å²) in [5.41, 5.74) is 0. The van der Waals surface area contributed by atoms with E-state index in [0.29, 0.717) is 0 Å². The van der Waals surface area contributed by atoms with Gasteiger partial charge in [-0.05, 0) is 5.92 Å². The third-order valence-corrected chi connectivity index (χ3v) is 1.97. The molecule has 0 aromatic carbocycles. The normalized spacial score (nSPS) is 21.0. The van der Waals surface area contributed by atoms with E-state index in [0.717, 1.165) is 19.0 Å².